The molecule has 102 valence electrons. The molecule has 19 heavy (non-hydrogen) atoms. The zero-order valence-electron chi connectivity index (χ0n) is 9.69. The van der Waals surface area contributed by atoms with Crippen LogP contribution in [0.15, 0.2) is 30.5 Å². The Balaban J connectivity index is 2.54. The molecule has 0 bridgehead atoms. The van der Waals surface area contributed by atoms with E-state index in [1.807, 2.05) is 0 Å². The maximum atomic E-state index is 12.8. The van der Waals surface area contributed by atoms with Crippen molar-refractivity contribution in [3.05, 3.63) is 36.0 Å². The van der Waals surface area contributed by atoms with Gasteiger partial charge in [-0.05, 0) is 11.6 Å². The molecule has 1 heterocycles. The molecule has 0 aliphatic heterocycles. The molecule has 1 atom stereocenters. The predicted molar refractivity (Wildman–Crippen MR) is 62.6 cm³/mol. The fourth-order valence-corrected chi connectivity index (χ4v) is 1.95. The van der Waals surface area contributed by atoms with Crippen molar-refractivity contribution in [2.24, 2.45) is 5.73 Å². The number of hydrogen-bond acceptors (Lipinski definition) is 2. The molecule has 0 saturated carbocycles. The molecule has 0 aliphatic carbocycles. The number of aliphatic carboxylic acids is 1. The van der Waals surface area contributed by atoms with Crippen molar-refractivity contribution in [2.45, 2.75) is 18.8 Å². The van der Waals surface area contributed by atoms with Crippen molar-refractivity contribution in [3.63, 3.8) is 0 Å². The minimum atomic E-state index is -4.55. The molecule has 0 amide bonds. The molecule has 1 aromatic heterocycles. The Morgan fingerprint density at radius 2 is 2.00 bits per heavy atom. The Labute approximate surface area is 106 Å². The zero-order chi connectivity index (χ0) is 14.2. The first-order valence-electron chi connectivity index (χ1n) is 5.45. The average molecular weight is 272 g/mol. The lowest BCUT2D eigenvalue weighted by atomic mass is 10.1. The van der Waals surface area contributed by atoms with Crippen molar-refractivity contribution in [3.8, 4) is 0 Å². The van der Waals surface area contributed by atoms with E-state index in [1.165, 1.54) is 18.2 Å². The normalized spacial score (nSPS) is 13.7. The number of hydrogen-bond donors (Lipinski definition) is 2. The molecular formula is C12H11F3N2O2. The van der Waals surface area contributed by atoms with Crippen LogP contribution in [0, 0.1) is 0 Å². The fraction of sp³-hybridized carbons (Fsp3) is 0.250. The van der Waals surface area contributed by atoms with Gasteiger partial charge in [-0.15, -0.1) is 13.2 Å². The quantitative estimate of drug-likeness (QED) is 0.898. The number of halogens is 3. The highest BCUT2D eigenvalue weighted by molar-refractivity contribution is 5.85. The van der Waals surface area contributed by atoms with Gasteiger partial charge in [-0.2, -0.15) is 0 Å². The Kier molecular flexibility index (Phi) is 3.23. The molecule has 1 aromatic carbocycles. The highest BCUT2D eigenvalue weighted by atomic mass is 19.4. The SMILES string of the molecule is NC(Cc1cn(C(F)(F)F)c2ccccc12)C(=O)O. The lowest BCUT2D eigenvalue weighted by Crippen LogP contribution is -2.32. The first-order chi connectivity index (χ1) is 8.80. The number of carbonyl (C=O) groups is 1. The third-order valence-corrected chi connectivity index (χ3v) is 2.82. The molecule has 3 N–H and O–H groups in total. The van der Waals surface area contributed by atoms with Crippen molar-refractivity contribution >= 4 is 16.9 Å². The summed E-state index contributed by atoms with van der Waals surface area (Å²) >= 11 is 0. The van der Waals surface area contributed by atoms with Gasteiger partial charge < -0.3 is 10.8 Å². The van der Waals surface area contributed by atoms with E-state index in [0.29, 0.717) is 5.39 Å². The molecule has 0 radical (unpaired) electrons. The maximum Gasteiger partial charge on any atom is 0.488 e. The van der Waals surface area contributed by atoms with Crippen LogP contribution in [0.2, 0.25) is 0 Å². The van der Waals surface area contributed by atoms with Crippen molar-refractivity contribution in [1.29, 1.82) is 0 Å². The topological polar surface area (TPSA) is 68.2 Å². The van der Waals surface area contributed by atoms with E-state index in [2.05, 4.69) is 0 Å². The van der Waals surface area contributed by atoms with E-state index < -0.39 is 18.3 Å². The monoisotopic (exact) mass is 272 g/mol. The lowest BCUT2D eigenvalue weighted by Gasteiger charge is -2.08. The third kappa shape index (κ3) is 2.55. The number of carboxylic acid groups (broad SMARTS) is 1. The zero-order valence-corrected chi connectivity index (χ0v) is 9.69. The van der Waals surface area contributed by atoms with Crippen LogP contribution in [0.5, 0.6) is 0 Å². The van der Waals surface area contributed by atoms with Crippen LogP contribution >= 0.6 is 0 Å². The number of fused-ring (bicyclic) bond motifs is 1. The lowest BCUT2D eigenvalue weighted by molar-refractivity contribution is -0.200. The summed E-state index contributed by atoms with van der Waals surface area (Å²) in [4.78, 5) is 10.7. The summed E-state index contributed by atoms with van der Waals surface area (Å²) in [5.41, 5.74) is 5.62. The molecule has 7 heteroatoms. The van der Waals surface area contributed by atoms with Crippen LogP contribution in [0.1, 0.15) is 5.56 Å². The first kappa shape index (κ1) is 13.4. The Morgan fingerprint density at radius 3 is 2.58 bits per heavy atom. The number of rotatable bonds is 3. The van der Waals surface area contributed by atoms with E-state index in [1.54, 1.807) is 6.07 Å². The number of aromatic nitrogens is 1. The van der Waals surface area contributed by atoms with Crippen LogP contribution in [-0.2, 0) is 17.5 Å². The number of carboxylic acids is 1. The van der Waals surface area contributed by atoms with Crippen molar-refractivity contribution in [2.75, 3.05) is 0 Å². The summed E-state index contributed by atoms with van der Waals surface area (Å²) in [6, 6.07) is 4.71. The van der Waals surface area contributed by atoms with E-state index in [4.69, 9.17) is 10.8 Å². The van der Waals surface area contributed by atoms with E-state index in [9.17, 15) is 18.0 Å². The largest absolute Gasteiger partial charge is 0.488 e. The minimum Gasteiger partial charge on any atom is -0.480 e. The van der Waals surface area contributed by atoms with Gasteiger partial charge in [-0.3, -0.25) is 9.36 Å². The molecule has 1 unspecified atom stereocenters. The highest BCUT2D eigenvalue weighted by Crippen LogP contribution is 2.31. The smallest absolute Gasteiger partial charge is 0.480 e. The molecule has 0 spiro atoms. The van der Waals surface area contributed by atoms with Crippen LogP contribution in [0.3, 0.4) is 0 Å². The summed E-state index contributed by atoms with van der Waals surface area (Å²) in [5.74, 6) is -1.25. The van der Waals surface area contributed by atoms with Crippen LogP contribution < -0.4 is 5.73 Å². The van der Waals surface area contributed by atoms with Gasteiger partial charge >= 0.3 is 12.3 Å². The van der Waals surface area contributed by atoms with Gasteiger partial charge in [0.25, 0.3) is 0 Å². The first-order valence-corrected chi connectivity index (χ1v) is 5.45. The second-order valence-electron chi connectivity index (χ2n) is 4.16. The Hall–Kier alpha value is -2.02. The molecule has 0 fully saturated rings. The minimum absolute atomic E-state index is 0.0115. The third-order valence-electron chi connectivity index (χ3n) is 2.82. The molecule has 2 rings (SSSR count). The van der Waals surface area contributed by atoms with Gasteiger partial charge in [0.05, 0.1) is 5.52 Å². The van der Waals surface area contributed by atoms with Gasteiger partial charge in [0.1, 0.15) is 6.04 Å². The molecular weight excluding hydrogens is 261 g/mol. The van der Waals surface area contributed by atoms with Crippen LogP contribution in [-0.4, -0.2) is 21.7 Å². The predicted octanol–water partition coefficient (Wildman–Crippen LogP) is 2.07. The highest BCUT2D eigenvalue weighted by Gasteiger charge is 2.32. The Morgan fingerprint density at radius 1 is 1.37 bits per heavy atom. The number of nitrogens with two attached hydrogens (primary N) is 1. The second kappa shape index (κ2) is 4.58. The van der Waals surface area contributed by atoms with E-state index in [-0.39, 0.29) is 22.1 Å². The number of nitrogens with zero attached hydrogens (tertiary/aromatic N) is 1. The molecule has 4 nitrogen and oxygen atoms in total. The Bertz CT molecular complexity index is 619. The average Bonchev–Trinajstić information content (AvgIpc) is 2.68. The molecule has 0 saturated heterocycles. The number of benzene rings is 1. The standard InChI is InChI=1S/C12H11F3N2O2/c13-12(14,15)17-6-7(5-9(16)11(18)19)8-3-1-2-4-10(8)17/h1-4,6,9H,5,16H2,(H,18,19). The van der Waals surface area contributed by atoms with Gasteiger partial charge in [0.2, 0.25) is 0 Å². The molecule has 2 aromatic rings. The summed E-state index contributed by atoms with van der Waals surface area (Å²) in [6.07, 6.45) is -3.81. The summed E-state index contributed by atoms with van der Waals surface area (Å²) < 4.78 is 38.7. The maximum absolute atomic E-state index is 12.8. The van der Waals surface area contributed by atoms with Crippen molar-refractivity contribution in [1.82, 2.24) is 4.57 Å². The summed E-state index contributed by atoms with van der Waals surface area (Å²) in [6.45, 7) is 0. The number of para-hydroxylation sites is 1. The summed E-state index contributed by atoms with van der Waals surface area (Å²) in [5, 5.41) is 9.09. The second-order valence-corrected chi connectivity index (χ2v) is 4.16. The number of alkyl halides is 3. The van der Waals surface area contributed by atoms with Gasteiger partial charge in [-0.1, -0.05) is 18.2 Å². The molecule has 0 aliphatic rings. The van der Waals surface area contributed by atoms with Gasteiger partial charge in [0, 0.05) is 18.0 Å². The van der Waals surface area contributed by atoms with E-state index >= 15 is 0 Å². The summed E-state index contributed by atoms with van der Waals surface area (Å²) in [7, 11) is 0. The van der Waals surface area contributed by atoms with Crippen molar-refractivity contribution < 1.29 is 23.1 Å². The van der Waals surface area contributed by atoms with Gasteiger partial charge in [-0.25, -0.2) is 0 Å². The van der Waals surface area contributed by atoms with E-state index in [0.717, 1.165) is 6.20 Å². The van der Waals surface area contributed by atoms with Crippen LogP contribution in [0.4, 0.5) is 13.2 Å². The van der Waals surface area contributed by atoms with Gasteiger partial charge in [0.15, 0.2) is 0 Å². The van der Waals surface area contributed by atoms with Crippen LogP contribution in [0.25, 0.3) is 10.9 Å². The fourth-order valence-electron chi connectivity index (χ4n) is 1.95.